The molecule has 1 atom stereocenters. The molecule has 124 valence electrons. The molecule has 2 aromatic rings. The standard InChI is InChI=1S/C15H20N4O4/c1-7(2)5-10-6-11(23-19-10)14(20)16-13(15(21)22)12-8(3)17-18-9(12)4/h6-7,13H,5H2,1-4H3,(H,16,20)(H,17,18)(H,21,22)/t13-/m1/s1. The quantitative estimate of drug-likeness (QED) is 0.746. The number of carboxylic acids is 1. The third kappa shape index (κ3) is 3.77. The minimum Gasteiger partial charge on any atom is -0.479 e. The summed E-state index contributed by atoms with van der Waals surface area (Å²) < 4.78 is 5.01. The number of carbonyl (C=O) groups is 2. The highest BCUT2D eigenvalue weighted by atomic mass is 16.5. The summed E-state index contributed by atoms with van der Waals surface area (Å²) in [5.41, 5.74) is 2.21. The lowest BCUT2D eigenvalue weighted by Crippen LogP contribution is -2.34. The van der Waals surface area contributed by atoms with E-state index in [9.17, 15) is 14.7 Å². The Labute approximate surface area is 133 Å². The van der Waals surface area contributed by atoms with Crippen molar-refractivity contribution in [3.05, 3.63) is 34.5 Å². The van der Waals surface area contributed by atoms with Gasteiger partial charge in [0.2, 0.25) is 5.76 Å². The zero-order chi connectivity index (χ0) is 17.1. The van der Waals surface area contributed by atoms with E-state index in [4.69, 9.17) is 4.52 Å². The molecule has 2 heterocycles. The molecule has 0 radical (unpaired) electrons. The fourth-order valence-corrected chi connectivity index (χ4v) is 2.38. The van der Waals surface area contributed by atoms with Crippen LogP contribution in [0.1, 0.15) is 53.1 Å². The maximum atomic E-state index is 12.2. The van der Waals surface area contributed by atoms with E-state index in [0.29, 0.717) is 35.0 Å². The van der Waals surface area contributed by atoms with Crippen LogP contribution in [0.4, 0.5) is 0 Å². The molecular formula is C15H20N4O4. The van der Waals surface area contributed by atoms with Gasteiger partial charge in [0.05, 0.1) is 11.4 Å². The monoisotopic (exact) mass is 320 g/mol. The summed E-state index contributed by atoms with van der Waals surface area (Å²) in [4.78, 5) is 23.8. The van der Waals surface area contributed by atoms with E-state index in [1.807, 2.05) is 13.8 Å². The minimum absolute atomic E-state index is 0.00861. The highest BCUT2D eigenvalue weighted by Gasteiger charge is 2.28. The fraction of sp³-hybridized carbons (Fsp3) is 0.467. The van der Waals surface area contributed by atoms with Gasteiger partial charge in [-0.05, 0) is 26.2 Å². The molecule has 0 fully saturated rings. The van der Waals surface area contributed by atoms with Gasteiger partial charge in [0.1, 0.15) is 0 Å². The number of hydrogen-bond donors (Lipinski definition) is 3. The molecule has 3 N–H and O–H groups in total. The Morgan fingerprint density at radius 3 is 2.61 bits per heavy atom. The average molecular weight is 320 g/mol. The van der Waals surface area contributed by atoms with E-state index >= 15 is 0 Å². The Morgan fingerprint density at radius 2 is 2.09 bits per heavy atom. The normalized spacial score (nSPS) is 12.4. The molecule has 8 heteroatoms. The summed E-state index contributed by atoms with van der Waals surface area (Å²) in [6.45, 7) is 7.43. The summed E-state index contributed by atoms with van der Waals surface area (Å²) in [6.07, 6.45) is 0.680. The molecule has 0 unspecified atom stereocenters. The van der Waals surface area contributed by atoms with Crippen LogP contribution in [-0.4, -0.2) is 32.3 Å². The van der Waals surface area contributed by atoms with Gasteiger partial charge in [-0.15, -0.1) is 0 Å². The molecular weight excluding hydrogens is 300 g/mol. The number of aromatic nitrogens is 3. The number of nitrogens with zero attached hydrogens (tertiary/aromatic N) is 2. The molecule has 0 aromatic carbocycles. The van der Waals surface area contributed by atoms with Crippen LogP contribution in [0.15, 0.2) is 10.6 Å². The van der Waals surface area contributed by atoms with Gasteiger partial charge < -0.3 is 14.9 Å². The smallest absolute Gasteiger partial charge is 0.331 e. The molecule has 0 aliphatic carbocycles. The molecule has 2 rings (SSSR count). The molecule has 23 heavy (non-hydrogen) atoms. The lowest BCUT2D eigenvalue weighted by molar-refractivity contribution is -0.139. The number of amides is 1. The number of aromatic amines is 1. The van der Waals surface area contributed by atoms with E-state index in [0.717, 1.165) is 0 Å². The van der Waals surface area contributed by atoms with Gasteiger partial charge in [0, 0.05) is 17.3 Å². The Hall–Kier alpha value is -2.64. The highest BCUT2D eigenvalue weighted by Crippen LogP contribution is 2.20. The third-order valence-corrected chi connectivity index (χ3v) is 3.40. The zero-order valence-electron chi connectivity index (χ0n) is 13.5. The van der Waals surface area contributed by atoms with Crippen molar-refractivity contribution in [3.8, 4) is 0 Å². The maximum absolute atomic E-state index is 12.2. The van der Waals surface area contributed by atoms with Crippen LogP contribution in [-0.2, 0) is 11.2 Å². The predicted molar refractivity (Wildman–Crippen MR) is 80.9 cm³/mol. The molecule has 1 amide bonds. The van der Waals surface area contributed by atoms with E-state index in [1.54, 1.807) is 13.8 Å². The zero-order valence-corrected chi connectivity index (χ0v) is 13.5. The van der Waals surface area contributed by atoms with Crippen molar-refractivity contribution < 1.29 is 19.2 Å². The fourth-order valence-electron chi connectivity index (χ4n) is 2.38. The lowest BCUT2D eigenvalue weighted by atomic mass is 10.0. The molecule has 0 aliphatic heterocycles. The lowest BCUT2D eigenvalue weighted by Gasteiger charge is -2.13. The summed E-state index contributed by atoms with van der Waals surface area (Å²) in [5, 5.41) is 22.4. The van der Waals surface area contributed by atoms with Crippen LogP contribution in [0, 0.1) is 19.8 Å². The van der Waals surface area contributed by atoms with E-state index in [1.165, 1.54) is 6.07 Å². The molecule has 0 aliphatic rings. The van der Waals surface area contributed by atoms with Crippen molar-refractivity contribution in [2.45, 2.75) is 40.2 Å². The van der Waals surface area contributed by atoms with Gasteiger partial charge in [0.15, 0.2) is 6.04 Å². The highest BCUT2D eigenvalue weighted by molar-refractivity contribution is 5.94. The molecule has 2 aromatic heterocycles. The summed E-state index contributed by atoms with van der Waals surface area (Å²) >= 11 is 0. The number of aliphatic carboxylic acids is 1. The first-order valence-electron chi connectivity index (χ1n) is 7.30. The number of hydrogen-bond acceptors (Lipinski definition) is 5. The Balaban J connectivity index is 2.19. The SMILES string of the molecule is Cc1n[nH]c(C)c1[C@@H](NC(=O)c1cc(CC(C)C)no1)C(=O)O. The Bertz CT molecular complexity index is 697. The summed E-state index contributed by atoms with van der Waals surface area (Å²) in [7, 11) is 0. The van der Waals surface area contributed by atoms with Crippen molar-refractivity contribution in [2.75, 3.05) is 0 Å². The van der Waals surface area contributed by atoms with Gasteiger partial charge in [-0.25, -0.2) is 4.79 Å². The van der Waals surface area contributed by atoms with Crippen molar-refractivity contribution >= 4 is 11.9 Å². The van der Waals surface area contributed by atoms with Crippen LogP contribution >= 0.6 is 0 Å². The number of nitrogens with one attached hydrogen (secondary N) is 2. The topological polar surface area (TPSA) is 121 Å². The van der Waals surface area contributed by atoms with Crippen molar-refractivity contribution in [2.24, 2.45) is 5.92 Å². The number of rotatable bonds is 6. The number of carboxylic acid groups (broad SMARTS) is 1. The van der Waals surface area contributed by atoms with Crippen molar-refractivity contribution in [1.82, 2.24) is 20.7 Å². The largest absolute Gasteiger partial charge is 0.479 e. The van der Waals surface area contributed by atoms with Crippen LogP contribution in [0.25, 0.3) is 0 Å². The van der Waals surface area contributed by atoms with Gasteiger partial charge in [-0.2, -0.15) is 5.10 Å². The number of H-pyrrole nitrogens is 1. The van der Waals surface area contributed by atoms with Gasteiger partial charge in [-0.3, -0.25) is 9.89 Å². The second-order valence-electron chi connectivity index (χ2n) is 5.87. The Morgan fingerprint density at radius 1 is 1.39 bits per heavy atom. The first-order chi connectivity index (χ1) is 10.8. The van der Waals surface area contributed by atoms with Crippen LogP contribution in [0.5, 0.6) is 0 Å². The summed E-state index contributed by atoms with van der Waals surface area (Å²) in [6, 6.07) is 0.323. The molecule has 0 saturated carbocycles. The van der Waals surface area contributed by atoms with E-state index < -0.39 is 17.9 Å². The third-order valence-electron chi connectivity index (χ3n) is 3.40. The van der Waals surface area contributed by atoms with Crippen LogP contribution < -0.4 is 5.32 Å². The number of carbonyl (C=O) groups excluding carboxylic acids is 1. The average Bonchev–Trinajstić information content (AvgIpc) is 3.03. The van der Waals surface area contributed by atoms with Crippen molar-refractivity contribution in [3.63, 3.8) is 0 Å². The van der Waals surface area contributed by atoms with Crippen LogP contribution in [0.2, 0.25) is 0 Å². The van der Waals surface area contributed by atoms with Gasteiger partial charge in [0.25, 0.3) is 5.91 Å². The van der Waals surface area contributed by atoms with Gasteiger partial charge >= 0.3 is 5.97 Å². The second kappa shape index (κ2) is 6.64. The molecule has 0 spiro atoms. The van der Waals surface area contributed by atoms with E-state index in [-0.39, 0.29) is 5.76 Å². The first-order valence-corrected chi connectivity index (χ1v) is 7.30. The van der Waals surface area contributed by atoms with Gasteiger partial charge in [-0.1, -0.05) is 19.0 Å². The molecule has 0 saturated heterocycles. The first kappa shape index (κ1) is 16.7. The maximum Gasteiger partial charge on any atom is 0.331 e. The minimum atomic E-state index is -1.21. The molecule has 0 bridgehead atoms. The molecule has 8 nitrogen and oxygen atoms in total. The number of aryl methyl sites for hydroxylation is 2. The predicted octanol–water partition coefficient (Wildman–Crippen LogP) is 1.77. The summed E-state index contributed by atoms with van der Waals surface area (Å²) in [5.74, 6) is -1.43. The van der Waals surface area contributed by atoms with Crippen molar-refractivity contribution in [1.29, 1.82) is 0 Å². The van der Waals surface area contributed by atoms with Crippen LogP contribution in [0.3, 0.4) is 0 Å². The van der Waals surface area contributed by atoms with E-state index in [2.05, 4.69) is 20.7 Å². The Kier molecular flexibility index (Phi) is 4.83. The second-order valence-corrected chi connectivity index (χ2v) is 5.87.